The average Bonchev–Trinajstić information content (AvgIpc) is 3.28. The third-order valence-electron chi connectivity index (χ3n) is 4.99. The summed E-state index contributed by atoms with van der Waals surface area (Å²) in [6, 6.07) is 0.558. The molecular weight excluding hydrogens is 374 g/mol. The summed E-state index contributed by atoms with van der Waals surface area (Å²) < 4.78 is 3.53. The summed E-state index contributed by atoms with van der Waals surface area (Å²) >= 11 is 0. The number of rotatable bonds is 6. The van der Waals surface area contributed by atoms with Crippen molar-refractivity contribution in [2.45, 2.75) is 39.7 Å². The van der Waals surface area contributed by atoms with Crippen LogP contribution in [0.3, 0.4) is 0 Å². The number of aryl methyl sites for hydroxylation is 2. The predicted molar refractivity (Wildman–Crippen MR) is 107 cm³/mol. The number of fused-ring (bicyclic) bond motifs is 1. The highest BCUT2D eigenvalue weighted by molar-refractivity contribution is 6.23. The highest BCUT2D eigenvalue weighted by Gasteiger charge is 2.53. The van der Waals surface area contributed by atoms with Crippen LogP contribution in [0.1, 0.15) is 32.2 Å². The number of carbonyl (C=O) groups excluding carboxylic acids is 3. The van der Waals surface area contributed by atoms with Gasteiger partial charge in [0.05, 0.1) is 12.2 Å². The second-order valence-corrected chi connectivity index (χ2v) is 6.87. The number of allylic oxidation sites excluding steroid dienone is 1. The van der Waals surface area contributed by atoms with Crippen molar-refractivity contribution in [1.82, 2.24) is 19.6 Å². The molecule has 0 aliphatic carbocycles. The molecule has 0 bridgehead atoms. The molecule has 10 heteroatoms. The van der Waals surface area contributed by atoms with Crippen molar-refractivity contribution in [1.29, 1.82) is 0 Å². The number of likely N-dealkylation sites (N-methyl/N-ethyl adjacent to an activating group) is 1. The zero-order chi connectivity index (χ0) is 21.3. The molecule has 0 aromatic carbocycles. The summed E-state index contributed by atoms with van der Waals surface area (Å²) in [4.78, 5) is 44.0. The van der Waals surface area contributed by atoms with Gasteiger partial charge in [0.2, 0.25) is 17.8 Å². The molecule has 1 fully saturated rings. The first kappa shape index (κ1) is 20.4. The molecule has 2 aliphatic rings. The molecule has 4 amide bonds. The number of primary amides is 1. The fourth-order valence-corrected chi connectivity index (χ4v) is 3.46. The molecule has 1 atom stereocenters. The van der Waals surface area contributed by atoms with Crippen LogP contribution < -0.4 is 5.73 Å². The van der Waals surface area contributed by atoms with Gasteiger partial charge in [-0.2, -0.15) is 0 Å². The number of nitrogens with two attached hydrogens (primary N) is 1. The highest BCUT2D eigenvalue weighted by atomic mass is 16.2. The van der Waals surface area contributed by atoms with Crippen LogP contribution in [0.4, 0.5) is 4.79 Å². The number of carbonyl (C=O) groups is 3. The number of hydrogen-bond donors (Lipinski definition) is 1. The largest absolute Gasteiger partial charge is 0.421 e. The lowest BCUT2D eigenvalue weighted by molar-refractivity contribution is -0.527. The minimum Gasteiger partial charge on any atom is -0.368 e. The van der Waals surface area contributed by atoms with Crippen molar-refractivity contribution in [3.63, 3.8) is 0 Å². The molecule has 1 aromatic heterocycles. The maximum absolute atomic E-state index is 13.1. The van der Waals surface area contributed by atoms with Crippen molar-refractivity contribution >= 4 is 29.6 Å². The van der Waals surface area contributed by atoms with Crippen LogP contribution in [0, 0.1) is 0 Å². The van der Waals surface area contributed by atoms with Gasteiger partial charge in [0.15, 0.2) is 0 Å². The third kappa shape index (κ3) is 3.45. The lowest BCUT2D eigenvalue weighted by Gasteiger charge is -2.33. The first-order chi connectivity index (χ1) is 13.8. The number of nitrogens with zero attached hydrogens (tertiary/aromatic N) is 6. The highest BCUT2D eigenvalue weighted by Crippen LogP contribution is 2.21. The van der Waals surface area contributed by atoms with Crippen LogP contribution in [-0.2, 0) is 22.4 Å². The van der Waals surface area contributed by atoms with E-state index in [9.17, 15) is 14.4 Å². The maximum Gasteiger partial charge on any atom is 0.421 e. The maximum atomic E-state index is 13.1. The van der Waals surface area contributed by atoms with Gasteiger partial charge in [0.1, 0.15) is 12.2 Å². The number of amidine groups is 1. The standard InChI is InChI=1S/C19H25N7O3/c1-5-8-9-24-15-16(23(4)19(29)25(17(15)28)11-14(20)27)21-18(24)26-13(7-3)10-12(6-2)22-26/h5,8,10,15H,6-7,9,11H2,1-4H3,(H-,20,27)/p+1/b8-5+. The van der Waals surface area contributed by atoms with Gasteiger partial charge < -0.3 is 5.73 Å². The van der Waals surface area contributed by atoms with Crippen LogP contribution >= 0.6 is 0 Å². The van der Waals surface area contributed by atoms with Gasteiger partial charge >= 0.3 is 12.0 Å². The first-order valence-electron chi connectivity index (χ1n) is 9.62. The molecule has 1 unspecified atom stereocenters. The topological polar surface area (TPSA) is 117 Å². The van der Waals surface area contributed by atoms with Gasteiger partial charge in [-0.05, 0) is 19.4 Å². The molecule has 154 valence electrons. The van der Waals surface area contributed by atoms with E-state index in [0.29, 0.717) is 18.3 Å². The van der Waals surface area contributed by atoms with Crippen molar-refractivity contribution in [3.05, 3.63) is 29.6 Å². The van der Waals surface area contributed by atoms with E-state index < -0.39 is 30.4 Å². The van der Waals surface area contributed by atoms with Gasteiger partial charge in [0, 0.05) is 13.5 Å². The summed E-state index contributed by atoms with van der Waals surface area (Å²) in [5.41, 5.74) is 7.12. The van der Waals surface area contributed by atoms with Crippen LogP contribution in [-0.4, -0.2) is 80.0 Å². The second kappa shape index (κ2) is 7.98. The number of urea groups is 1. The number of aliphatic imine (C=N–C) groups is 1. The number of aromatic nitrogens is 2. The SMILES string of the molecule is C/C=C/C[N+]1=C(n2nc(CC)cc2CC)N=C2C1C(=O)N(CC(N)=O)C(=O)N2C. The molecule has 29 heavy (non-hydrogen) atoms. The average molecular weight is 400 g/mol. The Morgan fingerprint density at radius 2 is 2.03 bits per heavy atom. The molecular formula is C19H26N7O3+. The summed E-state index contributed by atoms with van der Waals surface area (Å²) in [7, 11) is 1.53. The fraction of sp³-hybridized carbons (Fsp3) is 0.474. The van der Waals surface area contributed by atoms with E-state index in [0.717, 1.165) is 29.1 Å². The first-order valence-corrected chi connectivity index (χ1v) is 9.62. The third-order valence-corrected chi connectivity index (χ3v) is 4.99. The Kier molecular flexibility index (Phi) is 5.62. The molecule has 10 nitrogen and oxygen atoms in total. The molecule has 0 spiro atoms. The lowest BCUT2D eigenvalue weighted by atomic mass is 10.1. The van der Waals surface area contributed by atoms with Crippen LogP contribution in [0.2, 0.25) is 0 Å². The van der Waals surface area contributed by atoms with Crippen molar-refractivity contribution in [2.24, 2.45) is 10.7 Å². The van der Waals surface area contributed by atoms with Crippen molar-refractivity contribution in [2.75, 3.05) is 20.1 Å². The Morgan fingerprint density at radius 3 is 2.62 bits per heavy atom. The minimum absolute atomic E-state index is 0.316. The summed E-state index contributed by atoms with van der Waals surface area (Å²) in [5, 5.41) is 4.64. The molecule has 1 aromatic rings. The van der Waals surface area contributed by atoms with E-state index >= 15 is 0 Å². The van der Waals surface area contributed by atoms with Gasteiger partial charge in [-0.25, -0.2) is 9.37 Å². The van der Waals surface area contributed by atoms with Crippen LogP contribution in [0.15, 0.2) is 23.2 Å². The smallest absolute Gasteiger partial charge is 0.368 e. The Bertz CT molecular complexity index is 957. The summed E-state index contributed by atoms with van der Waals surface area (Å²) in [6.45, 7) is 5.85. The Labute approximate surface area is 169 Å². The zero-order valence-electron chi connectivity index (χ0n) is 17.1. The number of imide groups is 1. The Morgan fingerprint density at radius 1 is 1.31 bits per heavy atom. The van der Waals surface area contributed by atoms with E-state index in [2.05, 4.69) is 10.1 Å². The van der Waals surface area contributed by atoms with E-state index in [-0.39, 0.29) is 0 Å². The molecule has 3 rings (SSSR count). The molecule has 0 radical (unpaired) electrons. The van der Waals surface area contributed by atoms with E-state index in [1.165, 1.54) is 11.9 Å². The van der Waals surface area contributed by atoms with Crippen molar-refractivity contribution < 1.29 is 19.0 Å². The molecule has 0 saturated carbocycles. The molecule has 2 aliphatic heterocycles. The van der Waals surface area contributed by atoms with E-state index in [4.69, 9.17) is 5.73 Å². The molecule has 1 saturated heterocycles. The summed E-state index contributed by atoms with van der Waals surface area (Å²) in [5.74, 6) is -0.480. The molecule has 2 N–H and O–H groups in total. The summed E-state index contributed by atoms with van der Waals surface area (Å²) in [6.07, 6.45) is 5.28. The second-order valence-electron chi connectivity index (χ2n) is 6.87. The Hall–Kier alpha value is -3.30. The van der Waals surface area contributed by atoms with E-state index in [1.807, 2.05) is 39.0 Å². The van der Waals surface area contributed by atoms with Gasteiger partial charge in [-0.3, -0.25) is 19.4 Å². The molecule has 3 heterocycles. The monoisotopic (exact) mass is 400 g/mol. The Balaban J connectivity index is 2.16. The van der Waals surface area contributed by atoms with Crippen molar-refractivity contribution in [3.8, 4) is 0 Å². The normalized spacial score (nSPS) is 19.4. The minimum atomic E-state index is -0.831. The number of amides is 4. The quantitative estimate of drug-likeness (QED) is 0.533. The zero-order valence-corrected chi connectivity index (χ0v) is 17.1. The predicted octanol–water partition coefficient (Wildman–Crippen LogP) is -0.0394. The van der Waals surface area contributed by atoms with E-state index in [1.54, 1.807) is 9.26 Å². The van der Waals surface area contributed by atoms with Crippen LogP contribution in [0.25, 0.3) is 0 Å². The fourth-order valence-electron chi connectivity index (χ4n) is 3.46. The van der Waals surface area contributed by atoms with Gasteiger partial charge in [-0.1, -0.05) is 31.0 Å². The van der Waals surface area contributed by atoms with Crippen LogP contribution in [0.5, 0.6) is 0 Å². The lowest BCUT2D eigenvalue weighted by Crippen LogP contribution is -2.64. The number of hydrogen-bond acceptors (Lipinski definition) is 5. The van der Waals surface area contributed by atoms with Gasteiger partial charge in [0.25, 0.3) is 5.91 Å². The van der Waals surface area contributed by atoms with Gasteiger partial charge in [-0.15, -0.1) is 9.78 Å².